The van der Waals surface area contributed by atoms with Crippen molar-refractivity contribution in [2.75, 3.05) is 6.54 Å². The number of para-hydroxylation sites is 1. The third kappa shape index (κ3) is 5.93. The van der Waals surface area contributed by atoms with Crippen LogP contribution in [0.5, 0.6) is 5.75 Å². The Hall–Kier alpha value is -2.64. The summed E-state index contributed by atoms with van der Waals surface area (Å²) in [6.07, 6.45) is 4.28. The van der Waals surface area contributed by atoms with E-state index in [2.05, 4.69) is 20.5 Å². The van der Waals surface area contributed by atoms with Crippen LogP contribution in [0.4, 0.5) is 13.6 Å². The van der Waals surface area contributed by atoms with Gasteiger partial charge in [-0.3, -0.25) is 4.68 Å². The predicted molar refractivity (Wildman–Crippen MR) is 80.2 cm³/mol. The van der Waals surface area contributed by atoms with Crippen LogP contribution in [0, 0.1) is 0 Å². The van der Waals surface area contributed by atoms with E-state index in [1.54, 1.807) is 29.1 Å². The second-order valence-corrected chi connectivity index (χ2v) is 4.72. The Morgan fingerprint density at radius 3 is 2.83 bits per heavy atom. The van der Waals surface area contributed by atoms with Crippen LogP contribution >= 0.6 is 0 Å². The summed E-state index contributed by atoms with van der Waals surface area (Å²) < 4.78 is 30.8. The normalized spacial score (nSPS) is 10.6. The summed E-state index contributed by atoms with van der Waals surface area (Å²) in [5.74, 6) is 0.0569. The number of hydrogen-bond donors (Lipinski definition) is 2. The van der Waals surface area contributed by atoms with Gasteiger partial charge in [0.1, 0.15) is 5.75 Å². The number of rotatable bonds is 8. The molecule has 2 aromatic rings. The van der Waals surface area contributed by atoms with Gasteiger partial charge in [-0.25, -0.2) is 4.79 Å². The number of aromatic nitrogens is 2. The number of carbonyl (C=O) groups is 1. The van der Waals surface area contributed by atoms with Gasteiger partial charge in [0.2, 0.25) is 0 Å². The van der Waals surface area contributed by atoms with Crippen LogP contribution in [0.1, 0.15) is 12.0 Å². The Morgan fingerprint density at radius 2 is 2.09 bits per heavy atom. The minimum absolute atomic E-state index is 0.0569. The highest BCUT2D eigenvalue weighted by Gasteiger charge is 2.09. The predicted octanol–water partition coefficient (Wildman–Crippen LogP) is 2.37. The summed E-state index contributed by atoms with van der Waals surface area (Å²) >= 11 is 0. The van der Waals surface area contributed by atoms with Crippen molar-refractivity contribution in [2.24, 2.45) is 0 Å². The van der Waals surface area contributed by atoms with Gasteiger partial charge in [-0.1, -0.05) is 18.2 Å². The van der Waals surface area contributed by atoms with E-state index in [0.717, 1.165) is 6.42 Å². The summed E-state index contributed by atoms with van der Waals surface area (Å²) in [5.41, 5.74) is 0.486. The first-order valence-corrected chi connectivity index (χ1v) is 7.17. The van der Waals surface area contributed by atoms with Crippen LogP contribution in [0.25, 0.3) is 0 Å². The maximum absolute atomic E-state index is 12.3. The van der Waals surface area contributed by atoms with Gasteiger partial charge < -0.3 is 15.4 Å². The van der Waals surface area contributed by atoms with Crippen molar-refractivity contribution in [2.45, 2.75) is 26.1 Å². The Bertz CT molecular complexity index is 605. The third-order valence-corrected chi connectivity index (χ3v) is 3.04. The van der Waals surface area contributed by atoms with Crippen LogP contribution in [0.15, 0.2) is 42.7 Å². The van der Waals surface area contributed by atoms with Gasteiger partial charge in [0.05, 0.1) is 0 Å². The third-order valence-electron chi connectivity index (χ3n) is 3.04. The van der Waals surface area contributed by atoms with Crippen LogP contribution < -0.4 is 15.4 Å². The van der Waals surface area contributed by atoms with Gasteiger partial charge in [-0.2, -0.15) is 13.9 Å². The summed E-state index contributed by atoms with van der Waals surface area (Å²) in [6, 6.07) is 7.81. The maximum atomic E-state index is 12.3. The lowest BCUT2D eigenvalue weighted by Gasteiger charge is -2.12. The molecule has 1 aromatic carbocycles. The number of ether oxygens (including phenoxy) is 1. The Labute approximate surface area is 132 Å². The largest absolute Gasteiger partial charge is 0.434 e. The number of hydrogen-bond acceptors (Lipinski definition) is 3. The minimum atomic E-state index is -2.90. The highest BCUT2D eigenvalue weighted by Crippen LogP contribution is 2.19. The van der Waals surface area contributed by atoms with Crippen molar-refractivity contribution >= 4 is 6.03 Å². The molecule has 6 nitrogen and oxygen atoms in total. The van der Waals surface area contributed by atoms with E-state index >= 15 is 0 Å². The van der Waals surface area contributed by atoms with Crippen molar-refractivity contribution in [1.82, 2.24) is 20.4 Å². The fourth-order valence-corrected chi connectivity index (χ4v) is 1.97. The number of nitrogens with one attached hydrogen (secondary N) is 2. The Kier molecular flexibility index (Phi) is 6.34. The molecule has 124 valence electrons. The first kappa shape index (κ1) is 16.7. The zero-order chi connectivity index (χ0) is 16.5. The number of amides is 2. The fraction of sp³-hybridized carbons (Fsp3) is 0.333. The van der Waals surface area contributed by atoms with Gasteiger partial charge in [0.15, 0.2) is 0 Å². The van der Waals surface area contributed by atoms with Crippen molar-refractivity contribution in [3.8, 4) is 5.75 Å². The fourth-order valence-electron chi connectivity index (χ4n) is 1.97. The maximum Gasteiger partial charge on any atom is 0.387 e. The molecule has 0 saturated heterocycles. The number of halogens is 2. The quantitative estimate of drug-likeness (QED) is 0.733. The monoisotopic (exact) mass is 324 g/mol. The van der Waals surface area contributed by atoms with E-state index in [9.17, 15) is 13.6 Å². The lowest BCUT2D eigenvalue weighted by molar-refractivity contribution is -0.0504. The van der Waals surface area contributed by atoms with Crippen LogP contribution in [0.2, 0.25) is 0 Å². The molecular weight excluding hydrogens is 306 g/mol. The molecule has 0 saturated carbocycles. The average Bonchev–Trinajstić information content (AvgIpc) is 3.03. The standard InChI is InChI=1S/C15H18F2N4O2/c16-14(17)23-13-6-2-1-5-12(13)11-19-15(22)18-7-3-9-21-10-4-8-20-21/h1-2,4-6,8,10,14H,3,7,9,11H2,(H2,18,19,22). The second kappa shape index (κ2) is 8.72. The van der Waals surface area contributed by atoms with E-state index in [-0.39, 0.29) is 18.3 Å². The van der Waals surface area contributed by atoms with Gasteiger partial charge >= 0.3 is 12.6 Å². The molecule has 0 aliphatic carbocycles. The van der Waals surface area contributed by atoms with Crippen molar-refractivity contribution in [3.05, 3.63) is 48.3 Å². The van der Waals surface area contributed by atoms with Crippen molar-refractivity contribution in [3.63, 3.8) is 0 Å². The van der Waals surface area contributed by atoms with E-state index in [0.29, 0.717) is 18.7 Å². The summed E-state index contributed by atoms with van der Waals surface area (Å²) in [5, 5.41) is 9.36. The van der Waals surface area contributed by atoms with Gasteiger partial charge in [-0.05, 0) is 18.6 Å². The van der Waals surface area contributed by atoms with Gasteiger partial charge in [0, 0.05) is 37.6 Å². The van der Waals surface area contributed by atoms with Crippen molar-refractivity contribution < 1.29 is 18.3 Å². The number of carbonyl (C=O) groups excluding carboxylic acids is 1. The summed E-state index contributed by atoms with van der Waals surface area (Å²) in [4.78, 5) is 11.7. The molecule has 0 bridgehead atoms. The smallest absolute Gasteiger partial charge is 0.387 e. The molecule has 0 aliphatic rings. The number of benzene rings is 1. The molecule has 0 fully saturated rings. The van der Waals surface area contributed by atoms with E-state index in [1.165, 1.54) is 6.07 Å². The lowest BCUT2D eigenvalue weighted by atomic mass is 10.2. The average molecular weight is 324 g/mol. The zero-order valence-electron chi connectivity index (χ0n) is 12.4. The molecule has 1 aromatic heterocycles. The molecule has 0 atom stereocenters. The summed E-state index contributed by atoms with van der Waals surface area (Å²) in [7, 11) is 0. The van der Waals surface area contributed by atoms with E-state index < -0.39 is 6.61 Å². The Morgan fingerprint density at radius 1 is 1.26 bits per heavy atom. The molecule has 1 heterocycles. The number of aryl methyl sites for hydroxylation is 1. The van der Waals surface area contributed by atoms with Gasteiger partial charge in [-0.15, -0.1) is 0 Å². The van der Waals surface area contributed by atoms with Gasteiger partial charge in [0.25, 0.3) is 0 Å². The SMILES string of the molecule is O=C(NCCCn1cccn1)NCc1ccccc1OC(F)F. The highest BCUT2D eigenvalue weighted by molar-refractivity contribution is 5.73. The number of urea groups is 1. The number of nitrogens with zero attached hydrogens (tertiary/aromatic N) is 2. The number of alkyl halides is 2. The molecule has 0 unspecified atom stereocenters. The zero-order valence-corrected chi connectivity index (χ0v) is 12.4. The minimum Gasteiger partial charge on any atom is -0.434 e. The molecule has 2 rings (SSSR count). The molecular formula is C15H18F2N4O2. The van der Waals surface area contributed by atoms with Crippen LogP contribution in [-0.4, -0.2) is 29.0 Å². The topological polar surface area (TPSA) is 68.2 Å². The molecule has 8 heteroatoms. The molecule has 0 spiro atoms. The van der Waals surface area contributed by atoms with Crippen LogP contribution in [-0.2, 0) is 13.1 Å². The molecule has 23 heavy (non-hydrogen) atoms. The molecule has 0 aliphatic heterocycles. The first-order chi connectivity index (χ1) is 11.1. The van der Waals surface area contributed by atoms with Crippen molar-refractivity contribution in [1.29, 1.82) is 0 Å². The first-order valence-electron chi connectivity index (χ1n) is 7.17. The lowest BCUT2D eigenvalue weighted by Crippen LogP contribution is -2.36. The Balaban J connectivity index is 1.69. The molecule has 2 N–H and O–H groups in total. The van der Waals surface area contributed by atoms with Crippen LogP contribution in [0.3, 0.4) is 0 Å². The molecule has 2 amide bonds. The van der Waals surface area contributed by atoms with E-state index in [4.69, 9.17) is 0 Å². The van der Waals surface area contributed by atoms with E-state index in [1.807, 2.05) is 12.3 Å². The highest BCUT2D eigenvalue weighted by atomic mass is 19.3. The molecule has 0 radical (unpaired) electrons. The summed E-state index contributed by atoms with van der Waals surface area (Å²) in [6.45, 7) is -1.60. The second-order valence-electron chi connectivity index (χ2n) is 4.72.